The second-order valence-corrected chi connectivity index (χ2v) is 6.01. The lowest BCUT2D eigenvalue weighted by molar-refractivity contribution is 0.572. The van der Waals surface area contributed by atoms with Crippen molar-refractivity contribution < 1.29 is 0 Å². The Morgan fingerprint density at radius 2 is 1.95 bits per heavy atom. The van der Waals surface area contributed by atoms with Crippen molar-refractivity contribution in [2.45, 2.75) is 31.7 Å². The number of nitrogens with zero attached hydrogens (tertiary/aromatic N) is 1. The summed E-state index contributed by atoms with van der Waals surface area (Å²) in [6, 6.07) is 18.7. The minimum absolute atomic E-state index is 0.332. The summed E-state index contributed by atoms with van der Waals surface area (Å²) in [5.74, 6) is 0. The Morgan fingerprint density at radius 3 is 2.67 bits per heavy atom. The highest BCUT2D eigenvalue weighted by molar-refractivity contribution is 5.38. The van der Waals surface area contributed by atoms with E-state index in [0.29, 0.717) is 5.41 Å². The zero-order chi connectivity index (χ0) is 14.7. The third kappa shape index (κ3) is 2.99. The van der Waals surface area contributed by atoms with Gasteiger partial charge in [0.1, 0.15) is 0 Å². The van der Waals surface area contributed by atoms with E-state index in [-0.39, 0.29) is 0 Å². The molecule has 106 valence electrons. The lowest BCUT2D eigenvalue weighted by Gasteiger charge is -2.19. The van der Waals surface area contributed by atoms with Crippen LogP contribution in [-0.2, 0) is 12.0 Å². The number of benzene rings is 2. The van der Waals surface area contributed by atoms with E-state index in [1.54, 1.807) is 0 Å². The van der Waals surface area contributed by atoms with Gasteiger partial charge in [0.05, 0.1) is 11.6 Å². The minimum atomic E-state index is 0.332. The van der Waals surface area contributed by atoms with Gasteiger partial charge >= 0.3 is 0 Å². The highest BCUT2D eigenvalue weighted by Gasteiger charge is 2.44. The van der Waals surface area contributed by atoms with Gasteiger partial charge in [-0.1, -0.05) is 36.4 Å². The van der Waals surface area contributed by atoms with Gasteiger partial charge in [0, 0.05) is 18.5 Å². The van der Waals surface area contributed by atoms with E-state index in [2.05, 4.69) is 48.6 Å². The number of hydrogen-bond donors (Lipinski definition) is 1. The van der Waals surface area contributed by atoms with Crippen molar-refractivity contribution in [1.29, 1.82) is 5.26 Å². The molecule has 1 fully saturated rings. The molecule has 3 rings (SSSR count). The van der Waals surface area contributed by atoms with Crippen molar-refractivity contribution >= 4 is 0 Å². The molecule has 2 heteroatoms. The van der Waals surface area contributed by atoms with E-state index in [1.807, 2.05) is 18.2 Å². The van der Waals surface area contributed by atoms with Crippen molar-refractivity contribution in [1.82, 2.24) is 5.32 Å². The SMILES string of the molecule is Cc1ccccc1C1(CNCc2cccc(C#N)c2)CC1. The van der Waals surface area contributed by atoms with E-state index in [4.69, 9.17) is 5.26 Å². The van der Waals surface area contributed by atoms with E-state index in [9.17, 15) is 0 Å². The summed E-state index contributed by atoms with van der Waals surface area (Å²) < 4.78 is 0. The first-order valence-corrected chi connectivity index (χ1v) is 7.49. The predicted molar refractivity (Wildman–Crippen MR) is 85.0 cm³/mol. The Kier molecular flexibility index (Phi) is 3.77. The van der Waals surface area contributed by atoms with Gasteiger partial charge in [-0.05, 0) is 48.6 Å². The molecule has 0 saturated heterocycles. The van der Waals surface area contributed by atoms with Gasteiger partial charge in [-0.2, -0.15) is 5.26 Å². The van der Waals surface area contributed by atoms with E-state index >= 15 is 0 Å². The minimum Gasteiger partial charge on any atom is -0.312 e. The third-order valence-corrected chi connectivity index (χ3v) is 4.42. The molecule has 1 aliphatic rings. The smallest absolute Gasteiger partial charge is 0.0991 e. The monoisotopic (exact) mass is 276 g/mol. The molecule has 0 bridgehead atoms. The van der Waals surface area contributed by atoms with Gasteiger partial charge in [-0.15, -0.1) is 0 Å². The first kappa shape index (κ1) is 13.9. The maximum Gasteiger partial charge on any atom is 0.0991 e. The summed E-state index contributed by atoms with van der Waals surface area (Å²) in [5, 5.41) is 12.5. The van der Waals surface area contributed by atoms with Crippen LogP contribution in [-0.4, -0.2) is 6.54 Å². The molecule has 0 atom stereocenters. The quantitative estimate of drug-likeness (QED) is 0.904. The average molecular weight is 276 g/mol. The van der Waals surface area contributed by atoms with Crippen molar-refractivity contribution in [3.63, 3.8) is 0 Å². The van der Waals surface area contributed by atoms with Crippen molar-refractivity contribution in [2.75, 3.05) is 6.54 Å². The average Bonchev–Trinajstić information content (AvgIpc) is 3.29. The summed E-state index contributed by atoms with van der Waals surface area (Å²) in [5.41, 5.74) is 5.12. The molecule has 1 saturated carbocycles. The van der Waals surface area contributed by atoms with E-state index < -0.39 is 0 Å². The van der Waals surface area contributed by atoms with Crippen molar-refractivity contribution in [2.24, 2.45) is 0 Å². The van der Waals surface area contributed by atoms with Crippen LogP contribution in [0.5, 0.6) is 0 Å². The fourth-order valence-electron chi connectivity index (χ4n) is 3.06. The van der Waals surface area contributed by atoms with Gasteiger partial charge in [0.25, 0.3) is 0 Å². The van der Waals surface area contributed by atoms with Gasteiger partial charge in [-0.25, -0.2) is 0 Å². The largest absolute Gasteiger partial charge is 0.312 e. The summed E-state index contributed by atoms with van der Waals surface area (Å²) in [6.07, 6.45) is 2.53. The molecule has 0 aliphatic heterocycles. The molecular weight excluding hydrogens is 256 g/mol. The van der Waals surface area contributed by atoms with Gasteiger partial charge < -0.3 is 5.32 Å². The summed E-state index contributed by atoms with van der Waals surface area (Å²) >= 11 is 0. The van der Waals surface area contributed by atoms with Crippen molar-refractivity contribution in [3.05, 3.63) is 70.8 Å². The number of hydrogen-bond acceptors (Lipinski definition) is 2. The molecule has 0 spiro atoms. The summed E-state index contributed by atoms with van der Waals surface area (Å²) in [7, 11) is 0. The highest BCUT2D eigenvalue weighted by Crippen LogP contribution is 2.48. The molecule has 0 heterocycles. The fraction of sp³-hybridized carbons (Fsp3) is 0.316. The van der Waals surface area contributed by atoms with Crippen LogP contribution in [0.4, 0.5) is 0 Å². The molecule has 0 radical (unpaired) electrons. The molecule has 1 aliphatic carbocycles. The molecule has 0 aromatic heterocycles. The van der Waals surface area contributed by atoms with Crippen molar-refractivity contribution in [3.8, 4) is 6.07 Å². The normalized spacial score (nSPS) is 15.4. The Bertz CT molecular complexity index is 678. The third-order valence-electron chi connectivity index (χ3n) is 4.42. The molecule has 1 N–H and O–H groups in total. The van der Waals surface area contributed by atoms with Crippen LogP contribution in [0.15, 0.2) is 48.5 Å². The number of aryl methyl sites for hydroxylation is 1. The first-order valence-electron chi connectivity index (χ1n) is 7.49. The second kappa shape index (κ2) is 5.71. The lowest BCUT2D eigenvalue weighted by atomic mass is 9.92. The summed E-state index contributed by atoms with van der Waals surface area (Å²) in [6.45, 7) is 4.03. The first-order chi connectivity index (χ1) is 10.2. The zero-order valence-electron chi connectivity index (χ0n) is 12.4. The van der Waals surface area contributed by atoms with Crippen LogP contribution in [0.2, 0.25) is 0 Å². The van der Waals surface area contributed by atoms with Crippen LogP contribution in [0, 0.1) is 18.3 Å². The Balaban J connectivity index is 1.63. The molecular formula is C19H20N2. The van der Waals surface area contributed by atoms with Crippen LogP contribution in [0.1, 0.15) is 35.1 Å². The standard InChI is InChI=1S/C19H20N2/c1-15-5-2-3-8-18(15)19(9-10-19)14-21-13-17-7-4-6-16(11-17)12-20/h2-8,11,21H,9-10,13-14H2,1H3. The Morgan fingerprint density at radius 1 is 1.14 bits per heavy atom. The molecule has 2 aromatic rings. The topological polar surface area (TPSA) is 35.8 Å². The van der Waals surface area contributed by atoms with Gasteiger partial charge in [0.15, 0.2) is 0 Å². The summed E-state index contributed by atoms with van der Waals surface area (Å²) in [4.78, 5) is 0. The number of nitriles is 1. The van der Waals surface area contributed by atoms with E-state index in [0.717, 1.165) is 18.7 Å². The molecule has 0 unspecified atom stereocenters. The number of nitrogens with one attached hydrogen (secondary N) is 1. The Hall–Kier alpha value is -2.11. The maximum atomic E-state index is 8.94. The Labute approximate surface area is 126 Å². The fourth-order valence-corrected chi connectivity index (χ4v) is 3.06. The predicted octanol–water partition coefficient (Wildman–Crippen LogP) is 3.69. The molecule has 2 aromatic carbocycles. The number of rotatable bonds is 5. The van der Waals surface area contributed by atoms with E-state index in [1.165, 1.54) is 29.5 Å². The van der Waals surface area contributed by atoms with Crippen LogP contribution < -0.4 is 5.32 Å². The van der Waals surface area contributed by atoms with Crippen LogP contribution in [0.25, 0.3) is 0 Å². The van der Waals surface area contributed by atoms with Gasteiger partial charge in [0.2, 0.25) is 0 Å². The molecule has 0 amide bonds. The maximum absolute atomic E-state index is 8.94. The highest BCUT2D eigenvalue weighted by atomic mass is 14.9. The van der Waals surface area contributed by atoms with Gasteiger partial charge in [-0.3, -0.25) is 0 Å². The molecule has 21 heavy (non-hydrogen) atoms. The second-order valence-electron chi connectivity index (χ2n) is 6.01. The molecule has 2 nitrogen and oxygen atoms in total. The van der Waals surface area contributed by atoms with Crippen LogP contribution in [0.3, 0.4) is 0 Å². The lowest BCUT2D eigenvalue weighted by Crippen LogP contribution is -2.27. The van der Waals surface area contributed by atoms with Crippen LogP contribution >= 0.6 is 0 Å². The zero-order valence-corrected chi connectivity index (χ0v) is 12.4.